The summed E-state index contributed by atoms with van der Waals surface area (Å²) in [4.78, 5) is 9.38. The minimum atomic E-state index is -4.46. The van der Waals surface area contributed by atoms with Crippen LogP contribution in [0.25, 0.3) is 20.9 Å². The van der Waals surface area contributed by atoms with E-state index in [1.165, 1.54) is 48.7 Å². The van der Waals surface area contributed by atoms with E-state index >= 15 is 0 Å². The number of alkyl halides is 3. The largest absolute Gasteiger partial charge is 0.457 e. The van der Waals surface area contributed by atoms with Crippen molar-refractivity contribution in [3.63, 3.8) is 0 Å². The van der Waals surface area contributed by atoms with Gasteiger partial charge in [-0.05, 0) is 61.6 Å². The van der Waals surface area contributed by atoms with Gasteiger partial charge >= 0.3 is 6.18 Å². The van der Waals surface area contributed by atoms with Crippen molar-refractivity contribution in [3.05, 3.63) is 66.4 Å². The first-order valence-electron chi connectivity index (χ1n) is 8.82. The van der Waals surface area contributed by atoms with Gasteiger partial charge in [0, 0.05) is 7.62 Å². The lowest BCUT2D eigenvalue weighted by molar-refractivity contribution is -0.137. The van der Waals surface area contributed by atoms with Crippen LogP contribution in [0.1, 0.15) is 6.99 Å². The third kappa shape index (κ3) is 4.38. The van der Waals surface area contributed by atoms with Crippen LogP contribution in [-0.2, 0) is 16.2 Å². The van der Waals surface area contributed by atoms with E-state index in [0.29, 0.717) is 20.9 Å². The van der Waals surface area contributed by atoms with Gasteiger partial charge < -0.3 is 4.74 Å². The van der Waals surface area contributed by atoms with Crippen LogP contribution in [0.5, 0.6) is 11.5 Å². The molecule has 2 aromatic heterocycles. The summed E-state index contributed by atoms with van der Waals surface area (Å²) >= 11 is 1.24. The van der Waals surface area contributed by atoms with Crippen LogP contribution < -0.4 is 9.46 Å². The number of nitrogens with one attached hydrogen (secondary N) is 1. The zero-order chi connectivity index (χ0) is 22.2. The number of rotatable bonds is 5. The molecule has 0 saturated carbocycles. The second-order valence-electron chi connectivity index (χ2n) is 6.34. The van der Waals surface area contributed by atoms with E-state index in [-0.39, 0.29) is 17.8 Å². The summed E-state index contributed by atoms with van der Waals surface area (Å²) in [5.41, 5.74) is 0.205. The van der Waals surface area contributed by atoms with E-state index in [4.69, 9.17) is 4.74 Å². The first kappa shape index (κ1) is 21.2. The highest BCUT2D eigenvalue weighted by atomic mass is 32.2. The molecule has 0 aliphatic carbocycles. The van der Waals surface area contributed by atoms with Gasteiger partial charge in [-0.1, -0.05) is 11.3 Å². The Labute approximate surface area is 180 Å². The molecule has 0 bridgehead atoms. The van der Waals surface area contributed by atoms with Gasteiger partial charge in [-0.15, -0.1) is 0 Å². The van der Waals surface area contributed by atoms with E-state index in [0.717, 1.165) is 12.1 Å². The molecule has 0 fully saturated rings. The Hall–Kier alpha value is -3.02. The average molecular weight is 467 g/mol. The number of benzene rings is 2. The van der Waals surface area contributed by atoms with Crippen LogP contribution in [0, 0.1) is 0 Å². The number of hydrogen-bond donors (Lipinski definition) is 1. The predicted molar refractivity (Wildman–Crippen MR) is 113 cm³/mol. The summed E-state index contributed by atoms with van der Waals surface area (Å²) in [7, 11) is -2.44. The zero-order valence-electron chi connectivity index (χ0n) is 15.8. The van der Waals surface area contributed by atoms with Crippen molar-refractivity contribution in [2.45, 2.75) is 11.1 Å². The van der Waals surface area contributed by atoms with E-state index < -0.39 is 21.8 Å². The highest BCUT2D eigenvalue weighted by molar-refractivity contribution is 7.89. The fraction of sp³-hybridized carbons (Fsp3) is 0.100. The Bertz CT molecular complexity index is 1330. The number of pyridine rings is 1. The maximum absolute atomic E-state index is 12.8. The number of halogens is 3. The summed E-state index contributed by atoms with van der Waals surface area (Å²) in [6, 6.07) is 11.9. The number of sulfonamides is 1. The summed E-state index contributed by atoms with van der Waals surface area (Å²) in [5.74, 6) is 0.409. The van der Waals surface area contributed by atoms with Gasteiger partial charge in [0.1, 0.15) is 26.9 Å². The molecule has 0 amide bonds. The van der Waals surface area contributed by atoms with Crippen LogP contribution in [0.3, 0.4) is 0 Å². The minimum absolute atomic E-state index is 0. The lowest BCUT2D eigenvalue weighted by Crippen LogP contribution is -2.18. The fourth-order valence-electron chi connectivity index (χ4n) is 2.77. The molecular formula is C20H16F3N3O3S2. The topological polar surface area (TPSA) is 81.2 Å². The average Bonchev–Trinajstić information content (AvgIpc) is 3.18. The highest BCUT2D eigenvalue weighted by Gasteiger charge is 2.30. The molecule has 4 rings (SSSR count). The molecule has 1 N–H and O–H groups in total. The van der Waals surface area contributed by atoms with Crippen molar-refractivity contribution < 1.29 is 27.8 Å². The molecule has 31 heavy (non-hydrogen) atoms. The number of nitrogens with zero attached hydrogens (tertiary/aromatic N) is 2. The Balaban J connectivity index is 0.00000289. The fourth-order valence-corrected chi connectivity index (χ4v) is 4.46. The molecule has 2 aromatic carbocycles. The lowest BCUT2D eigenvalue weighted by Gasteiger charge is -2.13. The van der Waals surface area contributed by atoms with E-state index in [9.17, 15) is 21.6 Å². The molecule has 2 heterocycles. The number of hydrogen-bond acceptors (Lipinski definition) is 6. The number of ether oxygens (including phenoxy) is 1. The molecule has 162 valence electrons. The minimum Gasteiger partial charge on any atom is -0.457 e. The van der Waals surface area contributed by atoms with Crippen LogP contribution in [0.4, 0.5) is 13.2 Å². The van der Waals surface area contributed by atoms with Crippen molar-refractivity contribution in [1.82, 2.24) is 14.7 Å². The first-order valence-corrected chi connectivity index (χ1v) is 11.1. The molecule has 0 unspecified atom stereocenters. The van der Waals surface area contributed by atoms with Crippen molar-refractivity contribution in [3.8, 4) is 22.1 Å². The molecule has 0 saturated heterocycles. The van der Waals surface area contributed by atoms with Crippen LogP contribution in [-0.4, -0.2) is 25.4 Å². The summed E-state index contributed by atoms with van der Waals surface area (Å²) in [5, 5.41) is 0.462. The lowest BCUT2D eigenvalue weighted by atomic mass is 10.2. The maximum atomic E-state index is 12.8. The van der Waals surface area contributed by atoms with E-state index in [1.807, 2.05) is 0 Å². The van der Waals surface area contributed by atoms with E-state index in [2.05, 4.69) is 14.7 Å². The SMILES string of the molecule is CNS(=O)(=O)c1ccc(Oc2ccc(C(F)(F)F)cc2)c(-c2nc3cccnc3s2)c1.[HH]. The standard InChI is InChI=1S/C20H14F3N3O3S2.H2/c1-24-31(27,28)14-8-9-17(29-13-6-4-12(5-7-13)20(21,22)23)15(11-14)18-26-16-3-2-10-25-19(16)30-18;/h2-11,24H,1H3;1H. The highest BCUT2D eigenvalue weighted by Crippen LogP contribution is 2.39. The van der Waals surface area contributed by atoms with Gasteiger partial charge in [-0.2, -0.15) is 13.2 Å². The Morgan fingerprint density at radius 2 is 1.84 bits per heavy atom. The maximum Gasteiger partial charge on any atom is 0.416 e. The number of aromatic nitrogens is 2. The number of fused-ring (bicyclic) bond motifs is 1. The number of thiazole rings is 1. The first-order chi connectivity index (χ1) is 14.7. The summed E-state index contributed by atoms with van der Waals surface area (Å²) in [6.45, 7) is 0. The molecule has 0 radical (unpaired) electrons. The third-order valence-corrected chi connectivity index (χ3v) is 6.76. The van der Waals surface area contributed by atoms with Crippen molar-refractivity contribution in [2.24, 2.45) is 0 Å². The Morgan fingerprint density at radius 1 is 1.10 bits per heavy atom. The van der Waals surface area contributed by atoms with Crippen LogP contribution in [0.2, 0.25) is 0 Å². The Morgan fingerprint density at radius 3 is 2.48 bits per heavy atom. The Kier molecular flexibility index (Phi) is 5.42. The predicted octanol–water partition coefficient (Wildman–Crippen LogP) is 5.32. The molecule has 0 aliphatic rings. The monoisotopic (exact) mass is 467 g/mol. The van der Waals surface area contributed by atoms with Crippen LogP contribution >= 0.6 is 11.3 Å². The van der Waals surface area contributed by atoms with Crippen molar-refractivity contribution in [1.29, 1.82) is 0 Å². The molecule has 0 spiro atoms. The molecule has 0 aliphatic heterocycles. The third-order valence-electron chi connectivity index (χ3n) is 4.34. The zero-order valence-corrected chi connectivity index (χ0v) is 17.5. The van der Waals surface area contributed by atoms with E-state index in [1.54, 1.807) is 18.3 Å². The van der Waals surface area contributed by atoms with Gasteiger partial charge in [0.05, 0.1) is 16.0 Å². The van der Waals surface area contributed by atoms with Gasteiger partial charge in [-0.25, -0.2) is 23.1 Å². The van der Waals surface area contributed by atoms with Crippen molar-refractivity contribution >= 4 is 31.7 Å². The summed E-state index contributed by atoms with van der Waals surface area (Å²) < 4.78 is 71.0. The molecule has 4 aromatic rings. The van der Waals surface area contributed by atoms with Crippen LogP contribution in [0.15, 0.2) is 65.7 Å². The van der Waals surface area contributed by atoms with Gasteiger partial charge in [0.15, 0.2) is 0 Å². The smallest absolute Gasteiger partial charge is 0.416 e. The molecular weight excluding hydrogens is 451 g/mol. The second kappa shape index (κ2) is 7.91. The second-order valence-corrected chi connectivity index (χ2v) is 9.20. The summed E-state index contributed by atoms with van der Waals surface area (Å²) in [6.07, 6.45) is -2.84. The van der Waals surface area contributed by atoms with Gasteiger partial charge in [0.2, 0.25) is 10.0 Å². The van der Waals surface area contributed by atoms with Crippen molar-refractivity contribution in [2.75, 3.05) is 7.05 Å². The molecule has 6 nitrogen and oxygen atoms in total. The molecule has 0 atom stereocenters. The van der Waals surface area contributed by atoms with Gasteiger partial charge in [-0.3, -0.25) is 0 Å². The normalized spacial score (nSPS) is 12.3. The molecule has 11 heteroatoms. The van der Waals surface area contributed by atoms with Gasteiger partial charge in [0.25, 0.3) is 0 Å². The quantitative estimate of drug-likeness (QED) is 0.429.